The van der Waals surface area contributed by atoms with Crippen molar-refractivity contribution in [3.63, 3.8) is 0 Å². The number of aliphatic hydroxyl groups is 1. The second-order valence-electron chi connectivity index (χ2n) is 4.24. The fourth-order valence-corrected chi connectivity index (χ4v) is 1.84. The molecule has 5 heteroatoms. The molecular weight excluding hydrogens is 269 g/mol. The van der Waals surface area contributed by atoms with Crippen LogP contribution in [-0.2, 0) is 6.42 Å². The molecule has 1 N–H and O–H groups in total. The Labute approximate surface area is 114 Å². The van der Waals surface area contributed by atoms with Gasteiger partial charge in [0.25, 0.3) is 0 Å². The minimum absolute atomic E-state index is 0.0861. The number of aliphatic hydroxyl groups excluding tert-OH is 1. The summed E-state index contributed by atoms with van der Waals surface area (Å²) in [6.45, 7) is 0.0861. The van der Waals surface area contributed by atoms with Crippen molar-refractivity contribution in [2.24, 2.45) is 0 Å². The van der Waals surface area contributed by atoms with Gasteiger partial charge in [0.1, 0.15) is 5.75 Å². The van der Waals surface area contributed by atoms with Crippen LogP contribution in [0.1, 0.15) is 5.56 Å². The van der Waals surface area contributed by atoms with Gasteiger partial charge < -0.3 is 9.84 Å². The van der Waals surface area contributed by atoms with Crippen LogP contribution in [0.4, 0.5) is 13.2 Å². The van der Waals surface area contributed by atoms with E-state index < -0.39 is 6.36 Å². The first kappa shape index (κ1) is 14.4. The van der Waals surface area contributed by atoms with E-state index in [0.29, 0.717) is 6.42 Å². The van der Waals surface area contributed by atoms with E-state index in [1.165, 1.54) is 12.1 Å². The van der Waals surface area contributed by atoms with Crippen LogP contribution in [0.15, 0.2) is 48.5 Å². The number of benzene rings is 2. The summed E-state index contributed by atoms with van der Waals surface area (Å²) in [5, 5.41) is 8.82. The predicted octanol–water partition coefficient (Wildman–Crippen LogP) is 3.79. The summed E-state index contributed by atoms with van der Waals surface area (Å²) in [5.74, 6) is -0.238. The van der Waals surface area contributed by atoms with Crippen molar-refractivity contribution >= 4 is 0 Å². The molecular formula is C15H13F3O2. The summed E-state index contributed by atoms with van der Waals surface area (Å²) in [7, 11) is 0. The molecule has 0 saturated heterocycles. The lowest BCUT2D eigenvalue weighted by molar-refractivity contribution is -0.274. The maximum Gasteiger partial charge on any atom is 0.573 e. The maximum atomic E-state index is 12.0. The van der Waals surface area contributed by atoms with E-state index in [9.17, 15) is 13.2 Å². The summed E-state index contributed by atoms with van der Waals surface area (Å²) in [6.07, 6.45) is -4.09. The first-order valence-electron chi connectivity index (χ1n) is 6.04. The number of rotatable bonds is 4. The predicted molar refractivity (Wildman–Crippen MR) is 69.4 cm³/mol. The Morgan fingerprint density at radius 2 is 1.35 bits per heavy atom. The van der Waals surface area contributed by atoms with Crippen LogP contribution in [0.25, 0.3) is 11.1 Å². The minimum Gasteiger partial charge on any atom is -0.406 e. The topological polar surface area (TPSA) is 29.5 Å². The van der Waals surface area contributed by atoms with Crippen molar-refractivity contribution in [1.29, 1.82) is 0 Å². The fraction of sp³-hybridized carbons (Fsp3) is 0.200. The van der Waals surface area contributed by atoms with Crippen molar-refractivity contribution in [3.05, 3.63) is 54.1 Å². The SMILES string of the molecule is OCCc1ccc(-c2ccc(OC(F)(F)F)cc2)cc1. The van der Waals surface area contributed by atoms with Crippen molar-refractivity contribution in [2.45, 2.75) is 12.8 Å². The zero-order valence-corrected chi connectivity index (χ0v) is 10.5. The van der Waals surface area contributed by atoms with Crippen LogP contribution >= 0.6 is 0 Å². The Hall–Kier alpha value is -2.01. The molecule has 0 bridgehead atoms. The Morgan fingerprint density at radius 3 is 1.80 bits per heavy atom. The second-order valence-corrected chi connectivity index (χ2v) is 4.24. The highest BCUT2D eigenvalue weighted by atomic mass is 19.4. The zero-order valence-electron chi connectivity index (χ0n) is 10.5. The van der Waals surface area contributed by atoms with Gasteiger partial charge in [0.05, 0.1) is 0 Å². The average molecular weight is 282 g/mol. The summed E-state index contributed by atoms with van der Waals surface area (Å²) in [4.78, 5) is 0. The number of alkyl halides is 3. The van der Waals surface area contributed by atoms with Crippen molar-refractivity contribution in [1.82, 2.24) is 0 Å². The summed E-state index contributed by atoms with van der Waals surface area (Å²) in [6, 6.07) is 13.2. The number of hydrogen-bond acceptors (Lipinski definition) is 2. The minimum atomic E-state index is -4.67. The Kier molecular flexibility index (Phi) is 4.29. The van der Waals surface area contributed by atoms with Gasteiger partial charge in [-0.1, -0.05) is 36.4 Å². The maximum absolute atomic E-state index is 12.0. The lowest BCUT2D eigenvalue weighted by Crippen LogP contribution is -2.16. The number of halogens is 3. The quantitative estimate of drug-likeness (QED) is 0.924. The summed E-state index contributed by atoms with van der Waals surface area (Å²) < 4.78 is 39.9. The molecule has 0 fully saturated rings. The van der Waals surface area contributed by atoms with Gasteiger partial charge in [-0.25, -0.2) is 0 Å². The molecule has 0 heterocycles. The number of ether oxygens (including phenoxy) is 1. The molecule has 2 nitrogen and oxygen atoms in total. The molecule has 2 rings (SSSR count). The van der Waals surface area contributed by atoms with Gasteiger partial charge in [-0.3, -0.25) is 0 Å². The van der Waals surface area contributed by atoms with Crippen molar-refractivity contribution in [2.75, 3.05) is 6.61 Å². The normalized spacial score (nSPS) is 11.4. The molecule has 0 aromatic heterocycles. The van der Waals surface area contributed by atoms with E-state index in [0.717, 1.165) is 16.7 Å². The molecule has 0 saturated carbocycles. The Balaban J connectivity index is 2.13. The van der Waals surface area contributed by atoms with Gasteiger partial charge in [0.15, 0.2) is 0 Å². The van der Waals surface area contributed by atoms with Crippen LogP contribution < -0.4 is 4.74 Å². The molecule has 0 radical (unpaired) electrons. The van der Waals surface area contributed by atoms with Gasteiger partial charge in [-0.2, -0.15) is 0 Å². The second kappa shape index (κ2) is 5.96. The number of hydrogen-bond donors (Lipinski definition) is 1. The first-order valence-corrected chi connectivity index (χ1v) is 6.04. The summed E-state index contributed by atoms with van der Waals surface area (Å²) >= 11 is 0. The Bertz CT molecular complexity index is 545. The van der Waals surface area contributed by atoms with Gasteiger partial charge in [-0.15, -0.1) is 13.2 Å². The third-order valence-corrected chi connectivity index (χ3v) is 2.78. The molecule has 0 aliphatic heterocycles. The molecule has 0 aliphatic carbocycles. The van der Waals surface area contributed by atoms with E-state index in [-0.39, 0.29) is 12.4 Å². The standard InChI is InChI=1S/C15H13F3O2/c16-15(17,18)20-14-7-5-13(6-8-14)12-3-1-11(2-4-12)9-10-19/h1-8,19H,9-10H2. The van der Waals surface area contributed by atoms with Crippen LogP contribution in [0, 0.1) is 0 Å². The molecule has 2 aromatic carbocycles. The van der Waals surface area contributed by atoms with Crippen LogP contribution in [0.3, 0.4) is 0 Å². The molecule has 0 atom stereocenters. The fourth-order valence-electron chi connectivity index (χ4n) is 1.84. The van der Waals surface area contributed by atoms with Gasteiger partial charge in [0, 0.05) is 6.61 Å². The monoisotopic (exact) mass is 282 g/mol. The van der Waals surface area contributed by atoms with E-state index in [1.54, 1.807) is 12.1 Å². The van der Waals surface area contributed by atoms with Crippen molar-refractivity contribution < 1.29 is 23.0 Å². The third kappa shape index (κ3) is 3.99. The van der Waals surface area contributed by atoms with Gasteiger partial charge >= 0.3 is 6.36 Å². The van der Waals surface area contributed by atoms with E-state index >= 15 is 0 Å². The van der Waals surface area contributed by atoms with E-state index in [1.807, 2.05) is 24.3 Å². The van der Waals surface area contributed by atoms with Gasteiger partial charge in [0.2, 0.25) is 0 Å². The summed E-state index contributed by atoms with van der Waals surface area (Å²) in [5.41, 5.74) is 2.70. The zero-order chi connectivity index (χ0) is 14.6. The lowest BCUT2D eigenvalue weighted by Gasteiger charge is -2.09. The molecule has 20 heavy (non-hydrogen) atoms. The van der Waals surface area contributed by atoms with E-state index in [4.69, 9.17) is 5.11 Å². The highest BCUT2D eigenvalue weighted by molar-refractivity contribution is 5.64. The third-order valence-electron chi connectivity index (χ3n) is 2.78. The molecule has 0 aliphatic rings. The van der Waals surface area contributed by atoms with Crippen LogP contribution in [0.5, 0.6) is 5.75 Å². The van der Waals surface area contributed by atoms with Crippen molar-refractivity contribution in [3.8, 4) is 16.9 Å². The molecule has 106 valence electrons. The average Bonchev–Trinajstić information content (AvgIpc) is 2.39. The molecule has 2 aromatic rings. The van der Waals surface area contributed by atoms with Gasteiger partial charge in [-0.05, 0) is 35.2 Å². The first-order chi connectivity index (χ1) is 9.48. The smallest absolute Gasteiger partial charge is 0.406 e. The molecule has 0 unspecified atom stereocenters. The van der Waals surface area contributed by atoms with Crippen LogP contribution in [-0.4, -0.2) is 18.1 Å². The largest absolute Gasteiger partial charge is 0.573 e. The van der Waals surface area contributed by atoms with Crippen LogP contribution in [0.2, 0.25) is 0 Å². The Morgan fingerprint density at radius 1 is 0.850 bits per heavy atom. The molecule has 0 amide bonds. The highest BCUT2D eigenvalue weighted by Crippen LogP contribution is 2.26. The highest BCUT2D eigenvalue weighted by Gasteiger charge is 2.30. The van der Waals surface area contributed by atoms with E-state index in [2.05, 4.69) is 4.74 Å². The molecule has 0 spiro atoms. The lowest BCUT2D eigenvalue weighted by atomic mass is 10.0.